The van der Waals surface area contributed by atoms with Crippen LogP contribution in [0.15, 0.2) is 143 Å². The second kappa shape index (κ2) is 38.6. The SMILES string of the molecule is C.CC(=O)OCOP1(=S)OC[C@H]2O[C@@H](n3cnc4c(N)ccnc43)C(O)C2O1.Cc1ccc(CCOc2nc(=O)[nH]c3c2ncn3[C@@H]2O[C@@H]3COP(=S)(Oc4ccccc4Cl)OC3C2OC2CCCCO2)cc1.O=c1nc(OCCS(=O)(=O)c2ccc([N+](=O)[O-])cc2)c2ncn([C@@H]3O[C@@H]4COP(=S)(Oc5ccccc5Cl)OC4C3OC3CCCCO3)c2[nH]1. The fourth-order valence-electron chi connectivity index (χ4n) is 14.2. The number of nitrogens with two attached hydrogens (primary N) is 1. The molecule has 40 nitrogen and oxygen atoms in total. The summed E-state index contributed by atoms with van der Waals surface area (Å²) in [5, 5.41) is 22.4. The number of hydrogen-bond donors (Lipinski definition) is 4. The highest BCUT2D eigenvalue weighted by Crippen LogP contribution is 2.61. The molecule has 14 heterocycles. The number of rotatable bonds is 24. The van der Waals surface area contributed by atoms with E-state index in [0.29, 0.717) is 88.6 Å². The molecule has 0 bridgehead atoms. The van der Waals surface area contributed by atoms with E-state index in [1.807, 2.05) is 31.2 Å². The van der Waals surface area contributed by atoms with E-state index >= 15 is 0 Å². The number of H-pyrrole nitrogens is 2. The molecule has 17 atom stereocenters. The van der Waals surface area contributed by atoms with Crippen molar-refractivity contribution in [3.63, 3.8) is 0 Å². The standard InChI is InChI=1S/C30H32ClN4O8PS.C29H29ClN5O12PS2.C14H17N4O7PS.CH4/c1-18-9-11-19(12-10-18)13-15-38-28-24-27(33-30(36)34-28)35(17-32-24)29-26(41-23-8-4-5-14-37-23)25-22(40-29)16-39-44(45,43-25)42-21-7-3-2-6-20(21)31;30-19-5-1-2-6-20(19)46-48(49)43-15-21-24(47-48)25(45-22-7-3-4-12-41-22)28(44-21)34-16-31-23-26(34)32-29(36)33-27(23)42-13-14-50(39,40)18-10-8-17(9-11-18)35(37)38;1-7(19)21-6-23-26(27)22-4-9-12(25-26)11(20)14(24-9)18-5-17-10-8(15)2-3-16-13(10)18;/h2-3,6-7,9-12,17,22-23,25-26,29H,4-5,8,13-16H2,1H3,(H,33,34,36);1-2,5-6,8-11,16,21-22,24-25,28H,3-4,7,12-15H2,(H,32,33,36);2-3,5,9,11-12,14,20H,4,6H2,1H3,(H2,15,16);1H4/t22-,23?,25?,26?,29-,44?;21-,22?,24?,25?,28-,48?;9-,11?,12?,14-,26?;/m111./s1. The molecule has 18 rings (SSSR count). The minimum atomic E-state index is -3.89. The highest BCUT2D eigenvalue weighted by atomic mass is 35.5. The van der Waals surface area contributed by atoms with Gasteiger partial charge in [-0.05, 0) is 105 Å². The minimum absolute atomic E-state index is 0. The van der Waals surface area contributed by atoms with Gasteiger partial charge in [0.15, 0.2) is 57.8 Å². The van der Waals surface area contributed by atoms with Crippen molar-refractivity contribution in [1.29, 1.82) is 0 Å². The molecule has 0 amide bonds. The fraction of sp³-hybridized carbons (Fsp3) is 0.446. The first-order valence-corrected chi connectivity index (χ1v) is 48.2. The van der Waals surface area contributed by atoms with Gasteiger partial charge in [0.1, 0.15) is 89.9 Å². The summed E-state index contributed by atoms with van der Waals surface area (Å²) in [6.07, 6.45) is 1.53. The average molecular weight is 1880 g/mol. The number of imidazole rings is 3. The summed E-state index contributed by atoms with van der Waals surface area (Å²) < 4.78 is 143. The van der Waals surface area contributed by atoms with Gasteiger partial charge in [0.2, 0.25) is 18.6 Å². The molecule has 8 aliphatic heterocycles. The number of carbonyl (C=O) groups is 1. The van der Waals surface area contributed by atoms with Crippen LogP contribution in [0.5, 0.6) is 23.3 Å². The van der Waals surface area contributed by atoms with Crippen molar-refractivity contribution in [3.8, 4) is 23.3 Å². The summed E-state index contributed by atoms with van der Waals surface area (Å²) in [5.74, 6) is -0.440. The van der Waals surface area contributed by atoms with E-state index in [1.165, 1.54) is 29.7 Å². The molecule has 10 aromatic rings. The number of anilines is 1. The Morgan fingerprint density at radius 1 is 0.650 bits per heavy atom. The molecular weight excluding hydrogens is 1790 g/mol. The van der Waals surface area contributed by atoms with E-state index in [-0.39, 0.29) is 67.5 Å². The molecule has 5 N–H and O–H groups in total. The van der Waals surface area contributed by atoms with E-state index in [0.717, 1.165) is 55.5 Å². The van der Waals surface area contributed by atoms with Crippen LogP contribution in [0, 0.1) is 17.0 Å². The fourth-order valence-corrected chi connectivity index (χ4v) is 22.0. The maximum atomic E-state index is 12.9. The van der Waals surface area contributed by atoms with Crippen molar-refractivity contribution in [1.82, 2.24) is 53.6 Å². The van der Waals surface area contributed by atoms with Crippen molar-refractivity contribution in [2.45, 2.75) is 157 Å². The second-order valence-corrected chi connectivity index (χ2v) is 40.1. The molecule has 6 aromatic heterocycles. The van der Waals surface area contributed by atoms with Gasteiger partial charge in [0.25, 0.3) is 5.69 Å². The Morgan fingerprint density at radius 2 is 1.15 bits per heavy atom. The number of para-hydroxylation sites is 2. The first-order valence-electron chi connectivity index (χ1n) is 38.2. The number of aliphatic hydroxyl groups is 1. The lowest BCUT2D eigenvalue weighted by molar-refractivity contribution is -0.384. The van der Waals surface area contributed by atoms with E-state index in [1.54, 1.807) is 76.3 Å². The van der Waals surface area contributed by atoms with E-state index in [2.05, 4.69) is 39.9 Å². The van der Waals surface area contributed by atoms with Crippen LogP contribution in [-0.4, -0.2) is 204 Å². The van der Waals surface area contributed by atoms with E-state index in [4.69, 9.17) is 152 Å². The Labute approximate surface area is 725 Å². The first kappa shape index (κ1) is 89.8. The van der Waals surface area contributed by atoms with Crippen LogP contribution >= 0.6 is 43.4 Å². The number of esters is 1. The number of hydrogen-bond acceptors (Lipinski definition) is 37. The number of aryl methyl sites for hydroxylation is 1. The lowest BCUT2D eigenvalue weighted by Gasteiger charge is -2.36. The Hall–Kier alpha value is -8.05. The number of aromatic amines is 2. The quantitative estimate of drug-likeness (QED) is 0.0143. The Balaban J connectivity index is 0.000000148. The summed E-state index contributed by atoms with van der Waals surface area (Å²) in [4.78, 5) is 77.3. The molecule has 49 heteroatoms. The maximum Gasteiger partial charge on any atom is 0.381 e. The van der Waals surface area contributed by atoms with Crippen LogP contribution in [0.4, 0.5) is 11.4 Å². The number of pyridine rings is 1. The Kier molecular flexibility index (Phi) is 28.2. The lowest BCUT2D eigenvalue weighted by atomic mass is 10.1. The first-order chi connectivity index (χ1) is 58.7. The highest BCUT2D eigenvalue weighted by Gasteiger charge is 2.58. The van der Waals surface area contributed by atoms with Crippen molar-refractivity contribution in [3.05, 3.63) is 181 Å². The predicted molar refractivity (Wildman–Crippen MR) is 448 cm³/mol. The summed E-state index contributed by atoms with van der Waals surface area (Å²) in [7, 11) is -3.89. The zero-order valence-electron chi connectivity index (χ0n) is 64.4. The lowest BCUT2D eigenvalue weighted by Crippen LogP contribution is -2.43. The number of nitrogens with zero attached hydrogens (tertiary/aromatic N) is 10. The van der Waals surface area contributed by atoms with Crippen LogP contribution in [0.25, 0.3) is 33.5 Å². The zero-order valence-corrected chi connectivity index (χ0v) is 71.8. The van der Waals surface area contributed by atoms with Crippen LogP contribution in [0.2, 0.25) is 10.0 Å². The number of nitrogen functional groups attached to an aromatic ring is 1. The van der Waals surface area contributed by atoms with Gasteiger partial charge in [-0.2, -0.15) is 9.97 Å². The Bertz CT molecular complexity index is 5880. The molecule has 0 spiro atoms. The molecule has 8 fully saturated rings. The minimum Gasteiger partial charge on any atom is -0.476 e. The number of nitrogens with one attached hydrogen (secondary N) is 2. The van der Waals surface area contributed by atoms with E-state index < -0.39 is 151 Å². The molecule has 8 saturated heterocycles. The summed E-state index contributed by atoms with van der Waals surface area (Å²) in [5.41, 5.74) is 9.06. The van der Waals surface area contributed by atoms with Crippen LogP contribution in [0.1, 0.15) is 82.7 Å². The smallest absolute Gasteiger partial charge is 0.381 e. The number of halogens is 2. The largest absolute Gasteiger partial charge is 0.476 e. The second-order valence-electron chi connectivity index (χ2n) is 28.5. The number of nitro benzene ring substituents is 1. The third-order valence-corrected chi connectivity index (χ3v) is 29.2. The third kappa shape index (κ3) is 20.5. The number of benzene rings is 4. The molecule has 11 unspecified atom stereocenters. The zero-order chi connectivity index (χ0) is 85.2. The number of fused-ring (bicyclic) bond motifs is 6. The number of ether oxygens (including phenoxy) is 10. The van der Waals surface area contributed by atoms with Gasteiger partial charge in [0, 0.05) is 68.5 Å². The molecule has 0 radical (unpaired) electrons. The third-order valence-electron chi connectivity index (χ3n) is 20.2. The Morgan fingerprint density at radius 3 is 1.67 bits per heavy atom. The summed E-state index contributed by atoms with van der Waals surface area (Å²) in [6, 6.07) is 28.1. The van der Waals surface area contributed by atoms with Crippen molar-refractivity contribution < 1.29 is 111 Å². The number of aromatic nitrogens is 11. The predicted octanol–water partition coefficient (Wildman–Crippen LogP) is 10.4. The van der Waals surface area contributed by atoms with Crippen LogP contribution in [-0.2, 0) is 126 Å². The van der Waals surface area contributed by atoms with Gasteiger partial charge in [0.05, 0.1) is 76.7 Å². The molecule has 4 aromatic carbocycles. The van der Waals surface area contributed by atoms with Crippen LogP contribution in [0.3, 0.4) is 0 Å². The van der Waals surface area contributed by atoms with Gasteiger partial charge in [-0.3, -0.25) is 65.7 Å². The monoisotopic (exact) mass is 1880 g/mol. The van der Waals surface area contributed by atoms with Crippen LogP contribution < -0.4 is 35.6 Å². The van der Waals surface area contributed by atoms with Gasteiger partial charge in [-0.1, -0.05) is 84.7 Å². The molecule has 658 valence electrons. The average Bonchev–Trinajstić information content (AvgIpc) is 1.60. The van der Waals surface area contributed by atoms with Crippen molar-refractivity contribution in [2.24, 2.45) is 0 Å². The summed E-state index contributed by atoms with van der Waals surface area (Å²) in [6.45, 7) is -5.77. The molecule has 123 heavy (non-hydrogen) atoms. The van der Waals surface area contributed by atoms with Crippen molar-refractivity contribution >= 4 is 139 Å². The maximum absolute atomic E-state index is 12.9. The molecular formula is C74H82Cl2N13O27P3S4. The summed E-state index contributed by atoms with van der Waals surface area (Å²) >= 11 is 29.4. The van der Waals surface area contributed by atoms with Gasteiger partial charge >= 0.3 is 37.5 Å². The number of non-ortho nitro benzene ring substituents is 1. The molecule has 0 saturated carbocycles. The molecule has 8 aliphatic rings. The van der Waals surface area contributed by atoms with Gasteiger partial charge in [-0.25, -0.2) is 37.9 Å². The highest BCUT2D eigenvalue weighted by molar-refractivity contribution is 8.08. The normalized spacial score (nSPS) is 28.5. The number of nitro groups is 1. The molecule has 0 aliphatic carbocycles. The van der Waals surface area contributed by atoms with Gasteiger partial charge < -0.3 is 71.8 Å². The topological polar surface area (TPSA) is 474 Å². The van der Waals surface area contributed by atoms with E-state index in [9.17, 15) is 38.0 Å². The number of carbonyl (C=O) groups excluding carboxylic acids is 1. The number of aliphatic hydroxyl groups excluding tert-OH is 1. The number of sulfone groups is 1. The van der Waals surface area contributed by atoms with Gasteiger partial charge in [-0.15, -0.1) is 0 Å². The van der Waals surface area contributed by atoms with Crippen molar-refractivity contribution in [2.75, 3.05) is 64.5 Å².